The highest BCUT2D eigenvalue weighted by atomic mass is 79.9. The van der Waals surface area contributed by atoms with Crippen molar-refractivity contribution in [2.45, 2.75) is 252 Å². The number of aliphatic hydroxyl groups excluding tert-OH is 1. The number of ether oxygens (including phenoxy) is 2. The summed E-state index contributed by atoms with van der Waals surface area (Å²) in [5, 5.41) is 23.5. The first-order valence-electron chi connectivity index (χ1n) is 41.4. The van der Waals surface area contributed by atoms with Gasteiger partial charge in [0.25, 0.3) is 5.24 Å². The van der Waals surface area contributed by atoms with Crippen LogP contribution in [-0.2, 0) is 51.9 Å². The number of esters is 2. The minimum atomic E-state index is -4.67. The number of halogens is 6. The lowest BCUT2D eigenvalue weighted by atomic mass is 9.99. The lowest BCUT2D eigenvalue weighted by molar-refractivity contribution is -0.141. The molecule has 0 saturated carbocycles. The summed E-state index contributed by atoms with van der Waals surface area (Å²) in [6.45, 7) is 13.4. The molecule has 121 heavy (non-hydrogen) atoms. The number of aliphatic carboxylic acids is 2. The molecule has 7 rings (SSSR count). The number of carboxylic acids is 2. The molecule has 0 aliphatic carbocycles. The number of benzene rings is 7. The molecule has 0 aromatic heterocycles. The van der Waals surface area contributed by atoms with Crippen LogP contribution in [0.5, 0.6) is 0 Å². The van der Waals surface area contributed by atoms with E-state index in [0.29, 0.717) is 36.8 Å². The number of allylic oxidation sites excluding steroid dienone is 2. The summed E-state index contributed by atoms with van der Waals surface area (Å²) in [5.41, 5.74) is 11.0. The van der Waals surface area contributed by atoms with Gasteiger partial charge < -0.3 is 24.8 Å². The molecule has 0 spiro atoms. The zero-order valence-corrected chi connectivity index (χ0v) is 79.7. The van der Waals surface area contributed by atoms with E-state index in [0.717, 1.165) is 144 Å². The lowest BCUT2D eigenvalue weighted by Gasteiger charge is -2.05. The third-order valence-electron chi connectivity index (χ3n) is 18.3. The molecule has 7 aromatic rings. The largest absolute Gasteiger partial charge is 0.643 e. The molecule has 0 unspecified atom stereocenters. The minimum absolute atomic E-state index is 0.0625. The van der Waals surface area contributed by atoms with Crippen LogP contribution in [0, 0.1) is 20.8 Å². The van der Waals surface area contributed by atoms with Gasteiger partial charge >= 0.3 is 45.7 Å². The monoisotopic (exact) mass is 1910 g/mol. The molecule has 25 heteroatoms. The van der Waals surface area contributed by atoms with E-state index in [2.05, 4.69) is 78.8 Å². The lowest BCUT2D eigenvalue weighted by Crippen LogP contribution is -2.01. The number of rotatable bonds is 47. The van der Waals surface area contributed by atoms with Crippen molar-refractivity contribution >= 4 is 142 Å². The van der Waals surface area contributed by atoms with E-state index in [4.69, 9.17) is 74.6 Å². The summed E-state index contributed by atoms with van der Waals surface area (Å²) in [6, 6.07) is 53.5. The standard InChI is InChI=1S/C26H34O3.C25H32O3.C14H11BrO.C12H22O2.C11H20O2.C7H4BrClO.CH4O.Al.3ClH.H2O4S/c1-21-13-17-23(18-14-21)26(28)24-19-15-22(16-20-24)11-9-7-5-3-4-6-8-10-12-25(27)29-2;1-20-12-16-22(17-13-20)25(28)23-18-14-21(15-19-23)10-8-6-4-2-3-5-7-9-11-24(26)27;1-10-2-4-11(5-3-10)14(16)12-6-8-13(15)9-7-12;1-3-4-5-6-7-8-9-10-11-12(13)14-2;1-2-3-4-5-6-7-8-9-10-11(12)13;8-6-3-1-5(2-4-6)7(9)10;1-2;;;;;1-5(2,3)4/h13-20H,3-12H2,1-2H3;12-19H,2-11H2,1H3,(H,26,27);2-9H,1H3;3H,1,4-11H2,2H3;2H,1,3-10H2,(H,12,13);1-4H;2H,1H3;;3*1H;(H2,1,2,3,4)/q;;;;;;;+3;;;;/p-3. The van der Waals surface area contributed by atoms with Crippen LogP contribution in [0.1, 0.15) is 304 Å². The number of carboxylic acid groups (broad SMARTS) is 2. The number of unbranched alkanes of at least 4 members (excludes halogenated alkanes) is 26. The molecular weight excluding hydrogens is 1790 g/mol. The number of hydrogen-bond donors (Lipinski definition) is 5. The van der Waals surface area contributed by atoms with E-state index >= 15 is 0 Å². The highest BCUT2D eigenvalue weighted by Gasteiger charge is 2.13. The molecule has 0 heterocycles. The van der Waals surface area contributed by atoms with E-state index in [1.54, 1.807) is 24.3 Å². The van der Waals surface area contributed by atoms with E-state index in [1.807, 2.05) is 154 Å². The predicted octanol–water partition coefficient (Wildman–Crippen LogP) is 27.1. The first-order valence-corrected chi connectivity index (χ1v) is 50.0. The van der Waals surface area contributed by atoms with E-state index in [9.17, 15) is 38.4 Å². The Bertz CT molecular complexity index is 3980. The smallest absolute Gasteiger partial charge is 0.481 e. The molecule has 0 bridgehead atoms. The van der Waals surface area contributed by atoms with Crippen molar-refractivity contribution in [2.75, 3.05) is 21.3 Å². The molecule has 17 nitrogen and oxygen atoms in total. The van der Waals surface area contributed by atoms with Crippen molar-refractivity contribution in [3.8, 4) is 0 Å². The van der Waals surface area contributed by atoms with E-state index in [-0.39, 0.29) is 29.3 Å². The van der Waals surface area contributed by atoms with Gasteiger partial charge in [0, 0.05) is 80.7 Å². The summed E-state index contributed by atoms with van der Waals surface area (Å²) in [6.07, 6.45) is 42.4. The van der Waals surface area contributed by atoms with Crippen molar-refractivity contribution < 1.29 is 80.7 Å². The molecule has 0 fully saturated rings. The number of hydrogen-bond acceptors (Lipinski definition) is 13. The van der Waals surface area contributed by atoms with Gasteiger partial charge in [-0.15, -0.1) is 13.2 Å². The summed E-state index contributed by atoms with van der Waals surface area (Å²) in [5.74, 6) is -1.32. The average Bonchev–Trinajstić information content (AvgIpc) is 0.860. The Morgan fingerprint density at radius 2 is 0.537 bits per heavy atom. The molecule has 0 radical (unpaired) electrons. The van der Waals surface area contributed by atoms with Crippen molar-refractivity contribution in [3.63, 3.8) is 0 Å². The van der Waals surface area contributed by atoms with Crippen LogP contribution in [0.2, 0.25) is 0 Å². The van der Waals surface area contributed by atoms with Gasteiger partial charge in [-0.2, -0.15) is 8.42 Å². The molecule has 0 amide bonds. The first kappa shape index (κ1) is 116. The fourth-order valence-corrected chi connectivity index (χ4v) is 12.2. The van der Waals surface area contributed by atoms with Crippen LogP contribution in [0.15, 0.2) is 204 Å². The summed E-state index contributed by atoms with van der Waals surface area (Å²) >= 11 is 10.1. The molecule has 0 atom stereocenters. The Balaban J connectivity index is 0. The third kappa shape index (κ3) is 70.1. The van der Waals surface area contributed by atoms with Gasteiger partial charge in [0.1, 0.15) is 0 Å². The topological polar surface area (TPSA) is 290 Å². The fourth-order valence-electron chi connectivity index (χ4n) is 11.5. The van der Waals surface area contributed by atoms with Crippen LogP contribution in [-0.4, -0.2) is 112 Å². The number of methoxy groups -OCH3 is 2. The second kappa shape index (κ2) is 76.7. The molecule has 5 N–H and O–H groups in total. The minimum Gasteiger partial charge on any atom is -0.481 e. The van der Waals surface area contributed by atoms with Crippen molar-refractivity contribution in [1.82, 2.24) is 0 Å². The maximum absolute atomic E-state index is 12.5. The van der Waals surface area contributed by atoms with Crippen LogP contribution in [0.25, 0.3) is 0 Å². The molecule has 0 aliphatic heterocycles. The molecule has 0 aliphatic rings. The second-order valence-electron chi connectivity index (χ2n) is 28.5. The van der Waals surface area contributed by atoms with Crippen molar-refractivity contribution in [2.24, 2.45) is 0 Å². The highest BCUT2D eigenvalue weighted by Crippen LogP contribution is 2.21. The highest BCUT2D eigenvalue weighted by molar-refractivity contribution is 9.10. The number of carbonyl (C=O) groups is 8. The van der Waals surface area contributed by atoms with Gasteiger partial charge in [-0.25, -0.2) is 30.1 Å². The third-order valence-corrected chi connectivity index (χ3v) is 19.6. The molecule has 7 aromatic carbocycles. The number of ketones is 3. The van der Waals surface area contributed by atoms with Crippen LogP contribution >= 0.6 is 73.6 Å². The molecular formula is C96H129AlBr2Cl4O17S. The maximum Gasteiger partial charge on any atom is 0.643 e. The number of aryl methyl sites for hydroxylation is 5. The molecule has 0 saturated heterocycles. The van der Waals surface area contributed by atoms with E-state index in [1.165, 1.54) is 147 Å². The first-order chi connectivity index (χ1) is 57.8. The normalized spacial score (nSPS) is 10.1. The zero-order chi connectivity index (χ0) is 90.9. The van der Waals surface area contributed by atoms with Crippen molar-refractivity contribution in [3.05, 3.63) is 271 Å². The summed E-state index contributed by atoms with van der Waals surface area (Å²) < 4.78 is 42.7. The summed E-state index contributed by atoms with van der Waals surface area (Å²) in [4.78, 5) is 90.0. The van der Waals surface area contributed by atoms with E-state index < -0.39 is 39.0 Å². The van der Waals surface area contributed by atoms with Gasteiger partial charge in [-0.05, 0) is 169 Å². The van der Waals surface area contributed by atoms with Gasteiger partial charge in [-0.3, -0.25) is 47.5 Å². The van der Waals surface area contributed by atoms with Gasteiger partial charge in [0.2, 0.25) is 0 Å². The van der Waals surface area contributed by atoms with Crippen LogP contribution in [0.4, 0.5) is 0 Å². The average molecular weight is 1920 g/mol. The Morgan fingerprint density at radius 3 is 0.752 bits per heavy atom. The Hall–Kier alpha value is -6.94. The van der Waals surface area contributed by atoms with Gasteiger partial charge in [0.15, 0.2) is 17.3 Å². The quantitative estimate of drug-likeness (QED) is 0.00450. The summed E-state index contributed by atoms with van der Waals surface area (Å²) in [7, 11) is 14.1. The maximum atomic E-state index is 12.5. The number of carbonyl (C=O) groups excluding carboxylic acids is 6. The SMILES string of the molecule is C=CCCCCCCCCC(=O)O.C=CCCCCCCCCC(=O)OC.CO.COC(=O)CCCCCCCCCCc1ccc(C(=O)c2ccc(C)cc2)cc1.Cc1ccc(C(=O)c2ccc(Br)cc2)cc1.Cc1ccc(C(=O)c2ccc(CCCCCCCCCCC(=O)O)cc2)cc1.O=C(Cl)c1ccc(Br)cc1.O=S(=O)(O)O.[Cl][Al]([Cl])[Cl]. The van der Waals surface area contributed by atoms with Gasteiger partial charge in [0.05, 0.1) is 14.2 Å². The Morgan fingerprint density at radius 1 is 0.347 bits per heavy atom. The zero-order valence-electron chi connectivity index (χ0n) is 71.6. The molecule has 666 valence electrons. The van der Waals surface area contributed by atoms with Crippen LogP contribution in [0.3, 0.4) is 0 Å². The van der Waals surface area contributed by atoms with Crippen LogP contribution < -0.4 is 0 Å². The Kier molecular flexibility index (Phi) is 73.6. The second-order valence-corrected chi connectivity index (χ2v) is 38.0. The van der Waals surface area contributed by atoms with Crippen molar-refractivity contribution in [1.29, 1.82) is 0 Å². The Labute approximate surface area is 760 Å². The fraction of sp³-hybridized carbons (Fsp3) is 0.438. The predicted molar refractivity (Wildman–Crippen MR) is 505 cm³/mol. The van der Waals surface area contributed by atoms with Gasteiger partial charge in [-0.1, -0.05) is 310 Å². The number of aliphatic hydroxyl groups is 1.